The van der Waals surface area contributed by atoms with Crippen LogP contribution in [0.25, 0.3) is 21.9 Å². The fourth-order valence-electron chi connectivity index (χ4n) is 5.25. The minimum absolute atomic E-state index is 0.149. The molecule has 0 bridgehead atoms. The number of hydrogen-bond acceptors (Lipinski definition) is 5. The van der Waals surface area contributed by atoms with Gasteiger partial charge in [0.1, 0.15) is 5.75 Å². The average molecular weight is 510 g/mol. The topological polar surface area (TPSA) is 89.6 Å². The molecule has 1 aliphatic rings. The molecule has 0 saturated heterocycles. The van der Waals surface area contributed by atoms with Gasteiger partial charge in [-0.25, -0.2) is 8.42 Å². The summed E-state index contributed by atoms with van der Waals surface area (Å²) in [4.78, 5) is 0.290. The lowest BCUT2D eigenvalue weighted by Gasteiger charge is -2.37. The van der Waals surface area contributed by atoms with E-state index in [0.717, 1.165) is 58.9 Å². The standard InChI is InChI=1S/C30H39NO4S/c1-29(2,3)22-9-12-24(13-10-22)35-27-17-8-21-18-23(30(4,31)19-32)11-16-26(21)28(27)20-6-14-25(15-7-20)36(5,33)34/h6-8,11,14-18,22,24,32H,9-10,12-13,19,31H2,1-5H3. The molecule has 0 amide bonds. The first kappa shape index (κ1) is 26.6. The van der Waals surface area contributed by atoms with E-state index < -0.39 is 15.4 Å². The molecule has 5 nitrogen and oxygen atoms in total. The minimum Gasteiger partial charge on any atom is -0.490 e. The van der Waals surface area contributed by atoms with Gasteiger partial charge in [-0.1, -0.05) is 51.1 Å². The van der Waals surface area contributed by atoms with Crippen LogP contribution in [0, 0.1) is 11.3 Å². The van der Waals surface area contributed by atoms with Crippen LogP contribution < -0.4 is 10.5 Å². The van der Waals surface area contributed by atoms with Crippen LogP contribution in [-0.2, 0) is 15.4 Å². The zero-order valence-electron chi connectivity index (χ0n) is 22.0. The first-order valence-corrected chi connectivity index (χ1v) is 14.6. The molecule has 4 rings (SSSR count). The van der Waals surface area contributed by atoms with E-state index in [0.29, 0.717) is 16.2 Å². The molecule has 0 aromatic heterocycles. The summed E-state index contributed by atoms with van der Waals surface area (Å²) in [6.45, 7) is 8.61. The first-order valence-electron chi connectivity index (χ1n) is 12.7. The lowest BCUT2D eigenvalue weighted by atomic mass is 9.72. The zero-order valence-corrected chi connectivity index (χ0v) is 22.9. The van der Waals surface area contributed by atoms with Gasteiger partial charge in [0.15, 0.2) is 9.84 Å². The Morgan fingerprint density at radius 1 is 0.944 bits per heavy atom. The van der Waals surface area contributed by atoms with Gasteiger partial charge in [-0.3, -0.25) is 0 Å². The predicted octanol–water partition coefficient (Wildman–Crippen LogP) is 6.06. The fourth-order valence-corrected chi connectivity index (χ4v) is 5.88. The second-order valence-electron chi connectivity index (χ2n) is 11.7. The van der Waals surface area contributed by atoms with Gasteiger partial charge < -0.3 is 15.6 Å². The Bertz CT molecular complexity index is 1330. The van der Waals surface area contributed by atoms with E-state index in [1.807, 2.05) is 49.4 Å². The molecule has 3 N–H and O–H groups in total. The highest BCUT2D eigenvalue weighted by molar-refractivity contribution is 7.90. The maximum Gasteiger partial charge on any atom is 0.175 e. The highest BCUT2D eigenvalue weighted by atomic mass is 32.2. The summed E-state index contributed by atoms with van der Waals surface area (Å²) in [5.41, 5.74) is 8.46. The van der Waals surface area contributed by atoms with Gasteiger partial charge in [0.25, 0.3) is 0 Å². The third kappa shape index (κ3) is 5.61. The summed E-state index contributed by atoms with van der Waals surface area (Å²) in [6.07, 6.45) is 5.71. The molecule has 1 unspecified atom stereocenters. The van der Waals surface area contributed by atoms with Crippen molar-refractivity contribution in [2.24, 2.45) is 17.1 Å². The lowest BCUT2D eigenvalue weighted by molar-refractivity contribution is 0.0887. The summed E-state index contributed by atoms with van der Waals surface area (Å²) in [7, 11) is -3.29. The van der Waals surface area contributed by atoms with E-state index in [1.165, 1.54) is 6.26 Å². The van der Waals surface area contributed by atoms with E-state index in [9.17, 15) is 13.5 Å². The molecule has 3 aromatic rings. The van der Waals surface area contributed by atoms with Crippen LogP contribution >= 0.6 is 0 Å². The molecule has 0 spiro atoms. The van der Waals surface area contributed by atoms with Crippen molar-refractivity contribution in [3.05, 3.63) is 60.2 Å². The summed E-state index contributed by atoms with van der Waals surface area (Å²) in [5, 5.41) is 11.7. The predicted molar refractivity (Wildman–Crippen MR) is 147 cm³/mol. The van der Waals surface area contributed by atoms with Crippen molar-refractivity contribution in [1.29, 1.82) is 0 Å². The van der Waals surface area contributed by atoms with Crippen LogP contribution in [-0.4, -0.2) is 32.5 Å². The van der Waals surface area contributed by atoms with E-state index in [4.69, 9.17) is 10.5 Å². The number of rotatable bonds is 6. The molecule has 0 radical (unpaired) electrons. The minimum atomic E-state index is -3.29. The maximum absolute atomic E-state index is 12.0. The van der Waals surface area contributed by atoms with Crippen LogP contribution in [0.5, 0.6) is 5.75 Å². The van der Waals surface area contributed by atoms with Gasteiger partial charge in [0.05, 0.1) is 23.1 Å². The highest BCUT2D eigenvalue weighted by Crippen LogP contribution is 2.42. The fraction of sp³-hybridized carbons (Fsp3) is 0.467. The number of aliphatic hydroxyl groups excluding tert-OH is 1. The van der Waals surface area contributed by atoms with Crippen LogP contribution in [0.4, 0.5) is 0 Å². The molecule has 36 heavy (non-hydrogen) atoms. The van der Waals surface area contributed by atoms with Gasteiger partial charge >= 0.3 is 0 Å². The normalized spacial score (nSPS) is 20.8. The Kier molecular flexibility index (Phi) is 7.26. The van der Waals surface area contributed by atoms with Gasteiger partial charge in [0, 0.05) is 11.8 Å². The Labute approximate surface area is 215 Å². The first-order chi connectivity index (χ1) is 16.8. The Morgan fingerprint density at radius 3 is 2.14 bits per heavy atom. The van der Waals surface area contributed by atoms with E-state index in [1.54, 1.807) is 12.1 Å². The van der Waals surface area contributed by atoms with Crippen molar-refractivity contribution >= 4 is 20.6 Å². The number of benzene rings is 3. The van der Waals surface area contributed by atoms with E-state index in [2.05, 4.69) is 20.8 Å². The SMILES string of the molecule is CC(N)(CO)c1ccc2c(-c3ccc(S(C)(=O)=O)cc3)c(OC3CCC(C(C)(C)C)CC3)ccc2c1. The second-order valence-corrected chi connectivity index (χ2v) is 13.7. The maximum atomic E-state index is 12.0. The van der Waals surface area contributed by atoms with E-state index in [-0.39, 0.29) is 12.7 Å². The molecule has 1 saturated carbocycles. The summed E-state index contributed by atoms with van der Waals surface area (Å²) < 4.78 is 30.7. The largest absolute Gasteiger partial charge is 0.490 e. The third-order valence-electron chi connectivity index (χ3n) is 7.73. The Hall–Kier alpha value is -2.41. The Balaban J connectivity index is 1.76. The number of fused-ring (bicyclic) bond motifs is 1. The van der Waals surface area contributed by atoms with Crippen molar-refractivity contribution in [3.8, 4) is 16.9 Å². The zero-order chi connectivity index (χ0) is 26.3. The highest BCUT2D eigenvalue weighted by Gasteiger charge is 2.31. The smallest absolute Gasteiger partial charge is 0.175 e. The number of nitrogens with two attached hydrogens (primary N) is 1. The van der Waals surface area contributed by atoms with Crippen molar-refractivity contribution < 1.29 is 18.3 Å². The van der Waals surface area contributed by atoms with Gasteiger partial charge in [-0.15, -0.1) is 0 Å². The van der Waals surface area contributed by atoms with Crippen LogP contribution in [0.1, 0.15) is 58.9 Å². The molecule has 194 valence electrons. The summed E-state index contributed by atoms with van der Waals surface area (Å²) >= 11 is 0. The van der Waals surface area contributed by atoms with Crippen molar-refractivity contribution in [2.45, 2.75) is 69.9 Å². The molecule has 0 aliphatic heterocycles. The molecule has 6 heteroatoms. The Morgan fingerprint density at radius 2 is 1.58 bits per heavy atom. The van der Waals surface area contributed by atoms with Crippen molar-refractivity contribution in [3.63, 3.8) is 0 Å². The molecular formula is C30H39NO4S. The van der Waals surface area contributed by atoms with Crippen molar-refractivity contribution in [1.82, 2.24) is 0 Å². The van der Waals surface area contributed by atoms with Crippen LogP contribution in [0.3, 0.4) is 0 Å². The quantitative estimate of drug-likeness (QED) is 0.422. The molecular weight excluding hydrogens is 470 g/mol. The number of sulfone groups is 1. The van der Waals surface area contributed by atoms with E-state index >= 15 is 0 Å². The average Bonchev–Trinajstić information content (AvgIpc) is 2.83. The van der Waals surface area contributed by atoms with Gasteiger partial charge in [0.2, 0.25) is 0 Å². The molecule has 1 aliphatic carbocycles. The number of ether oxygens (including phenoxy) is 1. The number of hydrogen-bond donors (Lipinski definition) is 2. The second kappa shape index (κ2) is 9.81. The van der Waals surface area contributed by atoms with Gasteiger partial charge in [-0.2, -0.15) is 0 Å². The van der Waals surface area contributed by atoms with Crippen molar-refractivity contribution in [2.75, 3.05) is 12.9 Å². The lowest BCUT2D eigenvalue weighted by Crippen LogP contribution is -2.36. The molecule has 3 aromatic carbocycles. The van der Waals surface area contributed by atoms with Crippen LogP contribution in [0.2, 0.25) is 0 Å². The molecule has 1 fully saturated rings. The third-order valence-corrected chi connectivity index (χ3v) is 8.86. The molecule has 1 atom stereocenters. The number of aliphatic hydroxyl groups is 1. The molecule has 0 heterocycles. The van der Waals surface area contributed by atoms with Gasteiger partial charge in [-0.05, 0) is 90.1 Å². The summed E-state index contributed by atoms with van der Waals surface area (Å²) in [6, 6.07) is 17.0. The van der Waals surface area contributed by atoms with Crippen LogP contribution in [0.15, 0.2) is 59.5 Å². The summed E-state index contributed by atoms with van der Waals surface area (Å²) in [5.74, 6) is 1.51. The monoisotopic (exact) mass is 509 g/mol.